The van der Waals surface area contributed by atoms with Gasteiger partial charge in [0.2, 0.25) is 5.76 Å². The highest BCUT2D eigenvalue weighted by atomic mass is 16.7. The Morgan fingerprint density at radius 3 is 3.22 bits per heavy atom. The van der Waals surface area contributed by atoms with Gasteiger partial charge in [0.1, 0.15) is 5.69 Å². The van der Waals surface area contributed by atoms with E-state index in [9.17, 15) is 4.79 Å². The lowest BCUT2D eigenvalue weighted by molar-refractivity contribution is -0.169. The molecule has 1 N–H and O–H groups in total. The topological polar surface area (TPSA) is 82.8 Å². The first-order valence-corrected chi connectivity index (χ1v) is 5.81. The molecule has 18 heavy (non-hydrogen) atoms. The van der Waals surface area contributed by atoms with Gasteiger partial charge >= 0.3 is 5.91 Å². The molecular weight excluding hydrogens is 240 g/mol. The van der Waals surface area contributed by atoms with Crippen molar-refractivity contribution >= 4 is 5.91 Å². The van der Waals surface area contributed by atoms with E-state index in [2.05, 4.69) is 15.5 Å². The molecule has 1 atom stereocenters. The molecule has 1 unspecified atom stereocenters. The largest absolute Gasteiger partial charge is 0.353 e. The fraction of sp³-hybridized carbons (Fsp3) is 0.636. The van der Waals surface area contributed by atoms with Crippen LogP contribution in [-0.4, -0.2) is 31.1 Å². The van der Waals surface area contributed by atoms with E-state index in [1.165, 1.54) is 13.2 Å². The van der Waals surface area contributed by atoms with Crippen LogP contribution in [0.25, 0.3) is 0 Å². The molecule has 1 fully saturated rings. The number of nitrogens with zero attached hydrogens (tertiary/aromatic N) is 1. The van der Waals surface area contributed by atoms with Crippen LogP contribution in [-0.2, 0) is 20.9 Å². The van der Waals surface area contributed by atoms with Crippen molar-refractivity contribution in [2.24, 2.45) is 0 Å². The molecular formula is C11H16N2O5. The van der Waals surface area contributed by atoms with Crippen molar-refractivity contribution in [2.45, 2.75) is 32.2 Å². The summed E-state index contributed by atoms with van der Waals surface area (Å²) in [4.78, 5) is 15.8. The quantitative estimate of drug-likeness (QED) is 0.791. The number of hydrogen-bond acceptors (Lipinski definition) is 6. The van der Waals surface area contributed by atoms with Crippen LogP contribution in [0.4, 0.5) is 0 Å². The number of nitrogens with one attached hydrogen (secondary N) is 1. The van der Waals surface area contributed by atoms with E-state index in [0.29, 0.717) is 5.69 Å². The molecule has 1 aromatic heterocycles. The Kier molecular flexibility index (Phi) is 4.68. The Bertz CT molecular complexity index is 387. The molecule has 0 aliphatic carbocycles. The van der Waals surface area contributed by atoms with E-state index >= 15 is 0 Å². The van der Waals surface area contributed by atoms with E-state index in [1.807, 2.05) is 0 Å². The average molecular weight is 256 g/mol. The minimum Gasteiger partial charge on any atom is -0.353 e. The van der Waals surface area contributed by atoms with Gasteiger partial charge in [-0.15, -0.1) is 0 Å². The Balaban J connectivity index is 1.80. The third-order valence-electron chi connectivity index (χ3n) is 2.53. The molecule has 0 radical (unpaired) electrons. The van der Waals surface area contributed by atoms with Crippen LogP contribution in [0.15, 0.2) is 10.6 Å². The van der Waals surface area contributed by atoms with Crippen molar-refractivity contribution in [1.82, 2.24) is 10.6 Å². The zero-order valence-electron chi connectivity index (χ0n) is 10.2. The van der Waals surface area contributed by atoms with E-state index in [4.69, 9.17) is 14.0 Å². The van der Waals surface area contributed by atoms with Gasteiger partial charge in [0.25, 0.3) is 0 Å². The van der Waals surface area contributed by atoms with Crippen LogP contribution in [0.5, 0.6) is 0 Å². The van der Waals surface area contributed by atoms with Crippen LogP contribution < -0.4 is 5.48 Å². The second-order valence-electron chi connectivity index (χ2n) is 3.92. The summed E-state index contributed by atoms with van der Waals surface area (Å²) < 4.78 is 15.8. The Morgan fingerprint density at radius 1 is 1.61 bits per heavy atom. The van der Waals surface area contributed by atoms with E-state index < -0.39 is 5.91 Å². The van der Waals surface area contributed by atoms with E-state index in [1.54, 1.807) is 0 Å². The SMILES string of the molecule is CONC(=O)c1cc(COC2CCCCO2)no1. The highest BCUT2D eigenvalue weighted by molar-refractivity contribution is 5.90. The van der Waals surface area contributed by atoms with Gasteiger partial charge in [0, 0.05) is 12.7 Å². The van der Waals surface area contributed by atoms with Gasteiger partial charge in [0.05, 0.1) is 13.7 Å². The maximum atomic E-state index is 11.3. The molecule has 2 rings (SSSR count). The van der Waals surface area contributed by atoms with E-state index in [-0.39, 0.29) is 18.7 Å². The molecule has 7 nitrogen and oxygen atoms in total. The third kappa shape index (κ3) is 3.52. The smallest absolute Gasteiger partial charge is 0.313 e. The van der Waals surface area contributed by atoms with Crippen LogP contribution in [0.1, 0.15) is 35.5 Å². The molecule has 1 aliphatic heterocycles. The van der Waals surface area contributed by atoms with Gasteiger partial charge in [-0.25, -0.2) is 5.48 Å². The van der Waals surface area contributed by atoms with Gasteiger partial charge in [-0.1, -0.05) is 5.16 Å². The highest BCUT2D eigenvalue weighted by Gasteiger charge is 2.16. The maximum absolute atomic E-state index is 11.3. The summed E-state index contributed by atoms with van der Waals surface area (Å²) in [5.41, 5.74) is 2.69. The summed E-state index contributed by atoms with van der Waals surface area (Å²) in [6.45, 7) is 0.986. The number of rotatable bonds is 5. The zero-order valence-corrected chi connectivity index (χ0v) is 10.2. The summed E-state index contributed by atoms with van der Waals surface area (Å²) in [6.07, 6.45) is 2.87. The van der Waals surface area contributed by atoms with Crippen molar-refractivity contribution < 1.29 is 23.6 Å². The Hall–Kier alpha value is -1.44. The molecule has 2 heterocycles. The first kappa shape index (κ1) is 13.0. The fourth-order valence-electron chi connectivity index (χ4n) is 1.65. The van der Waals surface area contributed by atoms with E-state index in [0.717, 1.165) is 25.9 Å². The number of aromatic nitrogens is 1. The van der Waals surface area contributed by atoms with Crippen LogP contribution >= 0.6 is 0 Å². The predicted molar refractivity (Wildman–Crippen MR) is 59.4 cm³/mol. The highest BCUT2D eigenvalue weighted by Crippen LogP contribution is 2.15. The monoisotopic (exact) mass is 256 g/mol. The number of carbonyl (C=O) groups is 1. The molecule has 1 amide bonds. The zero-order chi connectivity index (χ0) is 12.8. The Morgan fingerprint density at radius 2 is 2.50 bits per heavy atom. The van der Waals surface area contributed by atoms with Crippen molar-refractivity contribution in [3.05, 3.63) is 17.5 Å². The van der Waals surface area contributed by atoms with Crippen molar-refractivity contribution in [2.75, 3.05) is 13.7 Å². The standard InChI is InChI=1S/C11H16N2O5/c1-15-13-11(14)9-6-8(12-18-9)7-17-10-4-2-3-5-16-10/h6,10H,2-5,7H2,1H3,(H,13,14). The molecule has 0 aromatic carbocycles. The Labute approximate surface area is 104 Å². The summed E-state index contributed by atoms with van der Waals surface area (Å²) in [7, 11) is 1.35. The summed E-state index contributed by atoms with van der Waals surface area (Å²) in [5.74, 6) is -0.398. The third-order valence-corrected chi connectivity index (χ3v) is 2.53. The van der Waals surface area contributed by atoms with Crippen molar-refractivity contribution in [1.29, 1.82) is 0 Å². The normalized spacial score (nSPS) is 19.7. The first-order valence-electron chi connectivity index (χ1n) is 5.81. The van der Waals surface area contributed by atoms with Gasteiger partial charge < -0.3 is 14.0 Å². The lowest BCUT2D eigenvalue weighted by Gasteiger charge is -2.21. The summed E-state index contributed by atoms with van der Waals surface area (Å²) >= 11 is 0. The fourth-order valence-corrected chi connectivity index (χ4v) is 1.65. The van der Waals surface area contributed by atoms with Crippen LogP contribution in [0.2, 0.25) is 0 Å². The maximum Gasteiger partial charge on any atom is 0.313 e. The molecule has 1 saturated heterocycles. The van der Waals surface area contributed by atoms with Gasteiger partial charge in [-0.3, -0.25) is 9.63 Å². The van der Waals surface area contributed by atoms with Crippen LogP contribution in [0.3, 0.4) is 0 Å². The number of carbonyl (C=O) groups excluding carboxylic acids is 1. The van der Waals surface area contributed by atoms with Crippen molar-refractivity contribution in [3.63, 3.8) is 0 Å². The van der Waals surface area contributed by atoms with Crippen molar-refractivity contribution in [3.8, 4) is 0 Å². The number of hydrogen-bond donors (Lipinski definition) is 1. The summed E-state index contributed by atoms with van der Waals surface area (Å²) in [5, 5.41) is 3.73. The molecule has 0 bridgehead atoms. The molecule has 0 spiro atoms. The molecule has 0 saturated carbocycles. The lowest BCUT2D eigenvalue weighted by atomic mass is 10.2. The number of ether oxygens (including phenoxy) is 2. The number of hydroxylamine groups is 1. The minimum atomic E-state index is -0.481. The first-order chi connectivity index (χ1) is 8.79. The average Bonchev–Trinajstić information content (AvgIpc) is 2.87. The second kappa shape index (κ2) is 6.48. The van der Waals surface area contributed by atoms with Gasteiger partial charge in [-0.2, -0.15) is 0 Å². The number of amides is 1. The second-order valence-corrected chi connectivity index (χ2v) is 3.92. The molecule has 100 valence electrons. The van der Waals surface area contributed by atoms with Gasteiger partial charge in [0.15, 0.2) is 6.29 Å². The molecule has 1 aromatic rings. The molecule has 7 heteroatoms. The predicted octanol–water partition coefficient (Wildman–Crippen LogP) is 1.01. The van der Waals surface area contributed by atoms with Gasteiger partial charge in [-0.05, 0) is 19.3 Å². The van der Waals surface area contributed by atoms with Crippen LogP contribution in [0, 0.1) is 0 Å². The molecule has 1 aliphatic rings. The lowest BCUT2D eigenvalue weighted by Crippen LogP contribution is -2.22. The summed E-state index contributed by atoms with van der Waals surface area (Å²) in [6, 6.07) is 1.51. The minimum absolute atomic E-state index is 0.0833.